The molecule has 4 heteroatoms. The van der Waals surface area contributed by atoms with Crippen LogP contribution in [0.2, 0.25) is 0 Å². The number of rotatable bonds is 2. The van der Waals surface area contributed by atoms with Gasteiger partial charge in [-0.15, -0.1) is 0 Å². The Kier molecular flexibility index (Phi) is 2.32. The third kappa shape index (κ3) is 1.33. The third-order valence-corrected chi connectivity index (χ3v) is 3.89. The van der Waals surface area contributed by atoms with Gasteiger partial charge >= 0.3 is 0 Å². The highest BCUT2D eigenvalue weighted by molar-refractivity contribution is 9.10. The van der Waals surface area contributed by atoms with E-state index < -0.39 is 0 Å². The maximum atomic E-state index is 11.0. The van der Waals surface area contributed by atoms with E-state index in [2.05, 4.69) is 20.9 Å². The fraction of sp³-hybridized carbons (Fsp3) is 0.333. The summed E-state index contributed by atoms with van der Waals surface area (Å²) in [7, 11) is 0. The average Bonchev–Trinajstić information content (AvgIpc) is 2.56. The maximum Gasteiger partial charge on any atom is 0.170 e. The normalized spacial score (nSPS) is 16.3. The molecule has 2 heterocycles. The van der Waals surface area contributed by atoms with Crippen molar-refractivity contribution in [3.63, 3.8) is 0 Å². The van der Waals surface area contributed by atoms with Crippen LogP contribution in [0.1, 0.15) is 41.5 Å². The van der Waals surface area contributed by atoms with E-state index in [1.807, 2.05) is 22.7 Å². The number of carbonyl (C=O) groups excluding carboxylic acids is 1. The van der Waals surface area contributed by atoms with E-state index in [0.29, 0.717) is 11.6 Å². The molecule has 1 fully saturated rings. The summed E-state index contributed by atoms with van der Waals surface area (Å²) >= 11 is 3.47. The largest absolute Gasteiger partial charge is 0.302 e. The zero-order chi connectivity index (χ0) is 11.1. The monoisotopic (exact) mass is 278 g/mol. The van der Waals surface area contributed by atoms with E-state index in [4.69, 9.17) is 0 Å². The topological polar surface area (TPSA) is 34.4 Å². The molecule has 2 aromatic rings. The van der Waals surface area contributed by atoms with E-state index in [0.717, 1.165) is 22.1 Å². The van der Waals surface area contributed by atoms with Crippen LogP contribution in [-0.2, 0) is 0 Å². The molecule has 0 atom stereocenters. The van der Waals surface area contributed by atoms with Crippen LogP contribution >= 0.6 is 15.9 Å². The Morgan fingerprint density at radius 1 is 1.50 bits per heavy atom. The van der Waals surface area contributed by atoms with Gasteiger partial charge in [-0.3, -0.25) is 4.79 Å². The van der Waals surface area contributed by atoms with Gasteiger partial charge in [0.25, 0.3) is 0 Å². The second-order valence-corrected chi connectivity index (χ2v) is 5.03. The molecule has 3 rings (SSSR count). The van der Waals surface area contributed by atoms with Crippen molar-refractivity contribution in [1.82, 2.24) is 9.38 Å². The summed E-state index contributed by atoms with van der Waals surface area (Å²) < 4.78 is 2.97. The first-order valence-corrected chi connectivity index (χ1v) is 6.22. The van der Waals surface area contributed by atoms with Gasteiger partial charge in [0.15, 0.2) is 6.29 Å². The van der Waals surface area contributed by atoms with Crippen LogP contribution in [-0.4, -0.2) is 15.7 Å². The highest BCUT2D eigenvalue weighted by Crippen LogP contribution is 2.37. The minimum Gasteiger partial charge on any atom is -0.302 e. The summed E-state index contributed by atoms with van der Waals surface area (Å²) in [5, 5.41) is 0. The van der Waals surface area contributed by atoms with E-state index in [-0.39, 0.29) is 0 Å². The zero-order valence-corrected chi connectivity index (χ0v) is 10.3. The van der Waals surface area contributed by atoms with Crippen LogP contribution in [0.3, 0.4) is 0 Å². The smallest absolute Gasteiger partial charge is 0.170 e. The van der Waals surface area contributed by atoms with Crippen LogP contribution in [0.5, 0.6) is 0 Å². The number of halogens is 1. The average molecular weight is 279 g/mol. The molecule has 1 aliphatic carbocycles. The first-order valence-electron chi connectivity index (χ1n) is 5.43. The first-order chi connectivity index (χ1) is 7.81. The minimum atomic E-state index is 0.524. The van der Waals surface area contributed by atoms with Crippen molar-refractivity contribution in [1.29, 1.82) is 0 Å². The molecular weight excluding hydrogens is 268 g/mol. The van der Waals surface area contributed by atoms with E-state index in [1.165, 1.54) is 19.3 Å². The fourth-order valence-corrected chi connectivity index (χ4v) is 2.73. The van der Waals surface area contributed by atoms with Crippen LogP contribution in [0, 0.1) is 0 Å². The van der Waals surface area contributed by atoms with Gasteiger partial charge in [0.1, 0.15) is 11.5 Å². The Morgan fingerprint density at radius 3 is 2.94 bits per heavy atom. The predicted octanol–water partition coefficient (Wildman–Crippen LogP) is 3.18. The van der Waals surface area contributed by atoms with Crippen LogP contribution < -0.4 is 0 Å². The number of nitrogens with zero attached hydrogens (tertiary/aromatic N) is 2. The van der Waals surface area contributed by atoms with Gasteiger partial charge in [0.05, 0.1) is 5.52 Å². The van der Waals surface area contributed by atoms with Gasteiger partial charge in [-0.05, 0) is 40.9 Å². The number of hydrogen-bond acceptors (Lipinski definition) is 2. The summed E-state index contributed by atoms with van der Waals surface area (Å²) in [4.78, 5) is 15.5. The minimum absolute atomic E-state index is 0.524. The van der Waals surface area contributed by atoms with Crippen molar-refractivity contribution in [3.05, 3.63) is 34.3 Å². The lowest BCUT2D eigenvalue weighted by Crippen LogP contribution is -2.12. The molecule has 0 N–H and O–H groups in total. The van der Waals surface area contributed by atoms with Gasteiger partial charge in [0.2, 0.25) is 0 Å². The molecule has 0 radical (unpaired) electrons. The molecule has 2 aromatic heterocycles. The van der Waals surface area contributed by atoms with Crippen molar-refractivity contribution in [2.45, 2.75) is 25.2 Å². The lowest BCUT2D eigenvalue weighted by atomic mass is 9.85. The summed E-state index contributed by atoms with van der Waals surface area (Å²) in [6.07, 6.45) is 6.45. The Morgan fingerprint density at radius 2 is 2.31 bits per heavy atom. The summed E-state index contributed by atoms with van der Waals surface area (Å²) in [6, 6.07) is 3.91. The van der Waals surface area contributed by atoms with E-state index >= 15 is 0 Å². The zero-order valence-electron chi connectivity index (χ0n) is 8.69. The SMILES string of the molecule is O=Cc1nc(C2CCC2)n2cccc(Br)c12. The molecule has 3 nitrogen and oxygen atoms in total. The maximum absolute atomic E-state index is 11.0. The van der Waals surface area contributed by atoms with Gasteiger partial charge in [-0.2, -0.15) is 0 Å². The van der Waals surface area contributed by atoms with Crippen LogP contribution in [0.25, 0.3) is 5.52 Å². The number of aromatic nitrogens is 2. The highest BCUT2D eigenvalue weighted by Gasteiger charge is 2.25. The molecule has 0 bridgehead atoms. The van der Waals surface area contributed by atoms with E-state index in [9.17, 15) is 4.79 Å². The lowest BCUT2D eigenvalue weighted by Gasteiger charge is -2.23. The second-order valence-electron chi connectivity index (χ2n) is 4.18. The van der Waals surface area contributed by atoms with E-state index in [1.54, 1.807) is 0 Å². The number of carbonyl (C=O) groups is 1. The second kappa shape index (κ2) is 3.70. The lowest BCUT2D eigenvalue weighted by molar-refractivity contribution is 0.112. The molecule has 16 heavy (non-hydrogen) atoms. The predicted molar refractivity (Wildman–Crippen MR) is 64.9 cm³/mol. The third-order valence-electron chi connectivity index (χ3n) is 3.25. The number of pyridine rings is 1. The summed E-state index contributed by atoms with van der Waals surface area (Å²) in [5.74, 6) is 1.56. The Bertz CT molecular complexity index is 557. The molecular formula is C12H11BrN2O. The molecule has 82 valence electrons. The Labute approximate surface area is 102 Å². The van der Waals surface area contributed by atoms with Gasteiger partial charge in [0, 0.05) is 16.6 Å². The molecule has 0 aromatic carbocycles. The Balaban J connectivity index is 2.29. The number of aldehydes is 1. The molecule has 0 saturated heterocycles. The van der Waals surface area contributed by atoms with Crippen molar-refractivity contribution in [3.8, 4) is 0 Å². The van der Waals surface area contributed by atoms with Crippen molar-refractivity contribution in [2.75, 3.05) is 0 Å². The fourth-order valence-electron chi connectivity index (χ4n) is 2.19. The molecule has 0 spiro atoms. The number of fused-ring (bicyclic) bond motifs is 1. The van der Waals surface area contributed by atoms with Crippen molar-refractivity contribution >= 4 is 27.7 Å². The Hall–Kier alpha value is -1.16. The molecule has 0 unspecified atom stereocenters. The molecule has 1 saturated carbocycles. The van der Waals surface area contributed by atoms with Gasteiger partial charge in [-0.25, -0.2) is 4.98 Å². The number of hydrogen-bond donors (Lipinski definition) is 0. The van der Waals surface area contributed by atoms with Crippen LogP contribution in [0.15, 0.2) is 22.8 Å². The standard InChI is InChI=1S/C12H11BrN2O/c13-9-5-2-6-15-11(9)10(7-16)14-12(15)8-3-1-4-8/h2,5-8H,1,3-4H2. The molecule has 0 aliphatic heterocycles. The molecule has 1 aliphatic rings. The van der Waals surface area contributed by atoms with Crippen molar-refractivity contribution in [2.24, 2.45) is 0 Å². The highest BCUT2D eigenvalue weighted by atomic mass is 79.9. The van der Waals surface area contributed by atoms with Crippen LogP contribution in [0.4, 0.5) is 0 Å². The quantitative estimate of drug-likeness (QED) is 0.791. The summed E-state index contributed by atoms with van der Waals surface area (Å²) in [5.41, 5.74) is 1.42. The first kappa shape index (κ1) is 10.0. The van der Waals surface area contributed by atoms with Crippen molar-refractivity contribution < 1.29 is 4.79 Å². The summed E-state index contributed by atoms with van der Waals surface area (Å²) in [6.45, 7) is 0. The number of imidazole rings is 1. The molecule has 0 amide bonds. The van der Waals surface area contributed by atoms with Gasteiger partial charge in [-0.1, -0.05) is 6.42 Å². The van der Waals surface area contributed by atoms with Gasteiger partial charge < -0.3 is 4.40 Å².